The van der Waals surface area contributed by atoms with Crippen LogP contribution >= 0.6 is 15.9 Å². The summed E-state index contributed by atoms with van der Waals surface area (Å²) < 4.78 is 5.08. The van der Waals surface area contributed by atoms with Gasteiger partial charge in [-0.25, -0.2) is 0 Å². The molecule has 116 valence electrons. The van der Waals surface area contributed by atoms with Crippen LogP contribution in [0.5, 0.6) is 5.75 Å². The van der Waals surface area contributed by atoms with E-state index in [0.717, 1.165) is 11.8 Å². The van der Waals surface area contributed by atoms with E-state index in [0.29, 0.717) is 5.56 Å². The van der Waals surface area contributed by atoms with Crippen LogP contribution in [-0.4, -0.2) is 29.3 Å². The number of halogens is 1. The van der Waals surface area contributed by atoms with E-state index in [1.165, 1.54) is 25.3 Å². The van der Waals surface area contributed by atoms with Crippen LogP contribution in [0.1, 0.15) is 30.6 Å². The van der Waals surface area contributed by atoms with Crippen LogP contribution in [0.3, 0.4) is 0 Å². The number of non-ortho nitro benzene ring substituents is 1. The largest absolute Gasteiger partial charge is 0.496 e. The highest BCUT2D eigenvalue weighted by molar-refractivity contribution is 9.09. The number of nitrogens with one attached hydrogen (secondary N) is 1. The molecule has 0 aliphatic heterocycles. The number of carbonyl (C=O) groups excluding carboxylic acids is 1. The van der Waals surface area contributed by atoms with Gasteiger partial charge >= 0.3 is 0 Å². The Morgan fingerprint density at radius 3 is 2.62 bits per heavy atom. The molecule has 1 rings (SSSR count). The number of carbonyl (C=O) groups is 1. The fourth-order valence-electron chi connectivity index (χ4n) is 1.92. The van der Waals surface area contributed by atoms with Gasteiger partial charge in [-0.2, -0.15) is 0 Å². The normalized spacial score (nSPS) is 12.0. The third kappa shape index (κ3) is 4.70. The number of amides is 1. The molecule has 0 bridgehead atoms. The Labute approximate surface area is 132 Å². The third-order valence-electron chi connectivity index (χ3n) is 3.18. The molecule has 21 heavy (non-hydrogen) atoms. The van der Waals surface area contributed by atoms with E-state index >= 15 is 0 Å². The molecule has 1 unspecified atom stereocenters. The lowest BCUT2D eigenvalue weighted by molar-refractivity contribution is -0.384. The molecule has 0 aromatic heterocycles. The predicted octanol–water partition coefficient (Wildman–Crippen LogP) is 3.14. The van der Waals surface area contributed by atoms with Crippen molar-refractivity contribution in [3.8, 4) is 5.75 Å². The Morgan fingerprint density at radius 1 is 1.48 bits per heavy atom. The molecule has 1 atom stereocenters. The van der Waals surface area contributed by atoms with Crippen molar-refractivity contribution in [3.05, 3.63) is 33.9 Å². The molecule has 7 heteroatoms. The number of rotatable bonds is 7. The maximum absolute atomic E-state index is 12.3. The average molecular weight is 359 g/mol. The summed E-state index contributed by atoms with van der Waals surface area (Å²) in [5, 5.41) is 14.5. The van der Waals surface area contributed by atoms with Crippen molar-refractivity contribution in [2.24, 2.45) is 5.92 Å². The van der Waals surface area contributed by atoms with Crippen molar-refractivity contribution < 1.29 is 14.5 Å². The smallest absolute Gasteiger partial charge is 0.273 e. The van der Waals surface area contributed by atoms with Crippen LogP contribution in [0.2, 0.25) is 0 Å². The average Bonchev–Trinajstić information content (AvgIpc) is 2.45. The molecule has 0 aliphatic carbocycles. The van der Waals surface area contributed by atoms with Gasteiger partial charge in [0, 0.05) is 17.4 Å². The van der Waals surface area contributed by atoms with E-state index in [1.807, 2.05) is 13.8 Å². The zero-order valence-electron chi connectivity index (χ0n) is 12.3. The quantitative estimate of drug-likeness (QED) is 0.461. The summed E-state index contributed by atoms with van der Waals surface area (Å²) in [6, 6.07) is 3.99. The molecule has 0 heterocycles. The molecule has 0 spiro atoms. The molecule has 0 fully saturated rings. The van der Waals surface area contributed by atoms with Crippen LogP contribution < -0.4 is 10.1 Å². The van der Waals surface area contributed by atoms with E-state index in [2.05, 4.69) is 21.2 Å². The van der Waals surface area contributed by atoms with Crippen molar-refractivity contribution in [1.29, 1.82) is 0 Å². The van der Waals surface area contributed by atoms with Gasteiger partial charge in [0.2, 0.25) is 0 Å². The summed E-state index contributed by atoms with van der Waals surface area (Å²) in [5.74, 6) is 0.194. The number of benzene rings is 1. The second-order valence-electron chi connectivity index (χ2n) is 4.94. The lowest BCUT2D eigenvalue weighted by atomic mass is 10.0. The first-order valence-electron chi connectivity index (χ1n) is 6.60. The van der Waals surface area contributed by atoms with Gasteiger partial charge in [0.05, 0.1) is 23.7 Å². The molecule has 0 saturated carbocycles. The molecule has 1 amide bonds. The van der Waals surface area contributed by atoms with Crippen LogP contribution in [0.4, 0.5) is 5.69 Å². The molecular weight excluding hydrogens is 340 g/mol. The number of nitro groups is 1. The Kier molecular flexibility index (Phi) is 6.61. The number of ether oxygens (including phenoxy) is 1. The summed E-state index contributed by atoms with van der Waals surface area (Å²) in [4.78, 5) is 22.5. The molecule has 0 saturated heterocycles. The Bertz CT molecular complexity index is 520. The van der Waals surface area contributed by atoms with Gasteiger partial charge in [-0.3, -0.25) is 14.9 Å². The minimum atomic E-state index is -0.522. The molecule has 6 nitrogen and oxygen atoms in total. The van der Waals surface area contributed by atoms with Gasteiger partial charge in [-0.05, 0) is 18.4 Å². The molecule has 0 aliphatic rings. The van der Waals surface area contributed by atoms with E-state index < -0.39 is 4.92 Å². The lowest BCUT2D eigenvalue weighted by Gasteiger charge is -2.22. The van der Waals surface area contributed by atoms with Crippen molar-refractivity contribution >= 4 is 27.5 Å². The van der Waals surface area contributed by atoms with Gasteiger partial charge in [-0.1, -0.05) is 29.8 Å². The molecule has 1 aromatic carbocycles. The van der Waals surface area contributed by atoms with Crippen molar-refractivity contribution in [3.63, 3.8) is 0 Å². The number of methoxy groups -OCH3 is 1. The van der Waals surface area contributed by atoms with Gasteiger partial charge in [0.1, 0.15) is 5.75 Å². The van der Waals surface area contributed by atoms with E-state index in [1.54, 1.807) is 0 Å². The lowest BCUT2D eigenvalue weighted by Crippen LogP contribution is -2.39. The number of hydrogen-bond acceptors (Lipinski definition) is 4. The number of nitro benzene ring substituents is 1. The first-order chi connectivity index (χ1) is 9.90. The second kappa shape index (κ2) is 7.97. The zero-order chi connectivity index (χ0) is 16.0. The monoisotopic (exact) mass is 358 g/mol. The Balaban J connectivity index is 2.98. The van der Waals surface area contributed by atoms with Crippen molar-refractivity contribution in [2.75, 3.05) is 12.4 Å². The summed E-state index contributed by atoms with van der Waals surface area (Å²) in [7, 11) is 1.38. The van der Waals surface area contributed by atoms with Crippen molar-refractivity contribution in [2.45, 2.75) is 26.3 Å². The summed E-state index contributed by atoms with van der Waals surface area (Å²) in [6.45, 7) is 4.06. The standard InChI is InChI=1S/C14H19BrN2O4/c1-9(2)12(6-7-15)16-14(18)11-5-4-10(17(19)20)8-13(11)21-3/h4-5,8-9,12H,6-7H2,1-3H3,(H,16,18). The Morgan fingerprint density at radius 2 is 2.14 bits per heavy atom. The second-order valence-corrected chi connectivity index (χ2v) is 5.74. The molecular formula is C14H19BrN2O4. The SMILES string of the molecule is COc1cc([N+](=O)[O-])ccc1C(=O)NC(CCBr)C(C)C. The van der Waals surface area contributed by atoms with Crippen LogP contribution in [0, 0.1) is 16.0 Å². The number of alkyl halides is 1. The molecule has 1 aromatic rings. The van der Waals surface area contributed by atoms with Crippen LogP contribution in [0.15, 0.2) is 18.2 Å². The summed E-state index contributed by atoms with van der Waals surface area (Å²) in [6.07, 6.45) is 0.804. The highest BCUT2D eigenvalue weighted by atomic mass is 79.9. The minimum Gasteiger partial charge on any atom is -0.496 e. The summed E-state index contributed by atoms with van der Waals surface area (Å²) >= 11 is 3.37. The molecule has 1 N–H and O–H groups in total. The molecule has 0 radical (unpaired) electrons. The number of hydrogen-bond donors (Lipinski definition) is 1. The highest BCUT2D eigenvalue weighted by Crippen LogP contribution is 2.25. The third-order valence-corrected chi connectivity index (χ3v) is 3.64. The summed E-state index contributed by atoms with van der Waals surface area (Å²) in [5.41, 5.74) is 0.188. The first-order valence-corrected chi connectivity index (χ1v) is 7.72. The predicted molar refractivity (Wildman–Crippen MR) is 84.2 cm³/mol. The maximum atomic E-state index is 12.3. The van der Waals surface area contributed by atoms with E-state index in [-0.39, 0.29) is 29.3 Å². The fraction of sp³-hybridized carbons (Fsp3) is 0.500. The van der Waals surface area contributed by atoms with E-state index in [4.69, 9.17) is 4.74 Å². The topological polar surface area (TPSA) is 81.5 Å². The van der Waals surface area contributed by atoms with Crippen LogP contribution in [0.25, 0.3) is 0 Å². The van der Waals surface area contributed by atoms with Crippen LogP contribution in [-0.2, 0) is 0 Å². The maximum Gasteiger partial charge on any atom is 0.273 e. The van der Waals surface area contributed by atoms with Gasteiger partial charge in [0.15, 0.2) is 0 Å². The zero-order valence-corrected chi connectivity index (χ0v) is 13.8. The first kappa shape index (κ1) is 17.4. The Hall–Kier alpha value is -1.63. The fourth-order valence-corrected chi connectivity index (χ4v) is 2.41. The van der Waals surface area contributed by atoms with Gasteiger partial charge in [0.25, 0.3) is 11.6 Å². The highest BCUT2D eigenvalue weighted by Gasteiger charge is 2.21. The van der Waals surface area contributed by atoms with Gasteiger partial charge in [-0.15, -0.1) is 0 Å². The van der Waals surface area contributed by atoms with E-state index in [9.17, 15) is 14.9 Å². The minimum absolute atomic E-state index is 0.0248. The van der Waals surface area contributed by atoms with Gasteiger partial charge < -0.3 is 10.1 Å². The van der Waals surface area contributed by atoms with Crippen molar-refractivity contribution in [1.82, 2.24) is 5.32 Å². The number of nitrogens with zero attached hydrogens (tertiary/aromatic N) is 1.